The number of benzene rings is 1. The molecule has 7 nitrogen and oxygen atoms in total. The number of esters is 1. The van der Waals surface area contributed by atoms with Crippen LogP contribution in [0.5, 0.6) is 0 Å². The minimum absolute atomic E-state index is 0.183. The summed E-state index contributed by atoms with van der Waals surface area (Å²) >= 11 is 0. The zero-order chi connectivity index (χ0) is 32.0. The standard InChI is InChI=1S/C34H61NO6Si2/c1-9-42(10-2,11-3)39-29-32(40-30(7)8)28-37-33(36)25-21-16-15-17-22-26-35-34(41-43(12-4,13-5)14-6)38-27-31-23-19-18-20-24-31/h18-20,23-24,32H,7,9-17,21-22,25-29H2,1-6,8H3/t32-/m1/s1. The van der Waals surface area contributed by atoms with Gasteiger partial charge >= 0.3 is 12.1 Å². The second-order valence-electron chi connectivity index (χ2n) is 11.5. The molecule has 0 aliphatic rings. The van der Waals surface area contributed by atoms with Gasteiger partial charge in [-0.15, -0.1) is 0 Å². The molecule has 0 spiro atoms. The van der Waals surface area contributed by atoms with Gasteiger partial charge in [-0.25, -0.2) is 4.99 Å². The molecule has 0 aromatic heterocycles. The molecule has 0 aliphatic carbocycles. The van der Waals surface area contributed by atoms with E-state index < -0.39 is 16.6 Å². The summed E-state index contributed by atoms with van der Waals surface area (Å²) in [5.74, 6) is 0.423. The van der Waals surface area contributed by atoms with Crippen molar-refractivity contribution in [2.45, 2.75) is 136 Å². The van der Waals surface area contributed by atoms with Gasteiger partial charge in [0.05, 0.1) is 12.4 Å². The topological polar surface area (TPSA) is 75.6 Å². The monoisotopic (exact) mass is 635 g/mol. The first-order valence-electron chi connectivity index (χ1n) is 16.7. The number of unbranched alkanes of at least 4 members (excludes halogenated alkanes) is 4. The highest BCUT2D eigenvalue weighted by Gasteiger charge is 2.33. The maximum absolute atomic E-state index is 12.4. The fourth-order valence-corrected chi connectivity index (χ4v) is 10.1. The molecule has 1 rings (SSSR count). The van der Waals surface area contributed by atoms with Crippen LogP contribution >= 0.6 is 0 Å². The van der Waals surface area contributed by atoms with E-state index in [2.05, 4.69) is 60.3 Å². The lowest BCUT2D eigenvalue weighted by Gasteiger charge is -2.30. The molecule has 0 aliphatic heterocycles. The summed E-state index contributed by atoms with van der Waals surface area (Å²) in [5.41, 5.74) is 1.11. The highest BCUT2D eigenvalue weighted by molar-refractivity contribution is 6.75. The normalized spacial score (nSPS) is 13.0. The molecule has 0 fully saturated rings. The molecule has 9 heteroatoms. The van der Waals surface area contributed by atoms with Gasteiger partial charge in [-0.2, -0.15) is 0 Å². The summed E-state index contributed by atoms with van der Waals surface area (Å²) in [5, 5.41) is 0. The van der Waals surface area contributed by atoms with Crippen LogP contribution in [0, 0.1) is 0 Å². The zero-order valence-corrected chi connectivity index (χ0v) is 30.4. The second kappa shape index (κ2) is 22.4. The van der Waals surface area contributed by atoms with E-state index in [9.17, 15) is 4.79 Å². The third-order valence-corrected chi connectivity index (χ3v) is 17.6. The average Bonchev–Trinajstić information content (AvgIpc) is 3.03. The van der Waals surface area contributed by atoms with Gasteiger partial charge in [-0.3, -0.25) is 4.79 Å². The molecule has 43 heavy (non-hydrogen) atoms. The Kier molecular flexibility index (Phi) is 20.3. The Morgan fingerprint density at radius 1 is 0.791 bits per heavy atom. The highest BCUT2D eigenvalue weighted by Crippen LogP contribution is 2.24. The van der Waals surface area contributed by atoms with Crippen LogP contribution in [0.3, 0.4) is 0 Å². The van der Waals surface area contributed by atoms with Gasteiger partial charge in [-0.1, -0.05) is 97.7 Å². The highest BCUT2D eigenvalue weighted by atomic mass is 28.4. The Labute approximate surface area is 265 Å². The van der Waals surface area contributed by atoms with Crippen LogP contribution in [0.25, 0.3) is 0 Å². The van der Waals surface area contributed by atoms with Gasteiger partial charge in [-0.05, 0) is 61.6 Å². The molecule has 1 atom stereocenters. The van der Waals surface area contributed by atoms with Gasteiger partial charge in [0.15, 0.2) is 14.4 Å². The second-order valence-corrected chi connectivity index (χ2v) is 20.9. The molecule has 1 aromatic carbocycles. The van der Waals surface area contributed by atoms with Gasteiger partial charge in [0, 0.05) is 13.0 Å². The molecule has 1 aromatic rings. The maximum Gasteiger partial charge on any atom is 0.369 e. The first kappa shape index (κ1) is 38.9. The number of aliphatic imine (C=N–C) groups is 1. The Morgan fingerprint density at radius 3 is 1.95 bits per heavy atom. The molecule has 246 valence electrons. The van der Waals surface area contributed by atoms with Gasteiger partial charge in [0.2, 0.25) is 0 Å². The van der Waals surface area contributed by atoms with E-state index in [1.54, 1.807) is 0 Å². The van der Waals surface area contributed by atoms with E-state index in [1.807, 2.05) is 25.1 Å². The van der Waals surface area contributed by atoms with E-state index in [0.717, 1.165) is 73.9 Å². The summed E-state index contributed by atoms with van der Waals surface area (Å²) < 4.78 is 30.3. The fourth-order valence-electron chi connectivity index (χ4n) is 5.04. The van der Waals surface area contributed by atoms with E-state index in [1.165, 1.54) is 0 Å². The lowest BCUT2D eigenvalue weighted by molar-refractivity contribution is -0.147. The minimum Gasteiger partial charge on any atom is -0.505 e. The molecule has 0 unspecified atom stereocenters. The van der Waals surface area contributed by atoms with Crippen LogP contribution in [0.4, 0.5) is 0 Å². The largest absolute Gasteiger partial charge is 0.505 e. The van der Waals surface area contributed by atoms with Crippen LogP contribution in [-0.4, -0.2) is 54.6 Å². The molecular weight excluding hydrogens is 575 g/mol. The van der Waals surface area contributed by atoms with E-state index in [-0.39, 0.29) is 18.7 Å². The molecular formula is C34H61NO6Si2. The zero-order valence-electron chi connectivity index (χ0n) is 28.4. The number of nitrogens with zero attached hydrogens (tertiary/aromatic N) is 1. The average molecular weight is 636 g/mol. The van der Waals surface area contributed by atoms with Crippen LogP contribution in [-0.2, 0) is 34.5 Å². The quantitative estimate of drug-likeness (QED) is 0.0281. The first-order valence-corrected chi connectivity index (χ1v) is 21.8. The van der Waals surface area contributed by atoms with Crippen LogP contribution < -0.4 is 0 Å². The molecule has 0 amide bonds. The van der Waals surface area contributed by atoms with Crippen molar-refractivity contribution in [3.8, 4) is 0 Å². The molecule has 0 radical (unpaired) electrons. The number of carbonyl (C=O) groups excluding carboxylic acids is 1. The van der Waals surface area contributed by atoms with Crippen LogP contribution in [0.1, 0.15) is 92.6 Å². The number of hydrogen-bond acceptors (Lipinski definition) is 7. The number of ether oxygens (including phenoxy) is 3. The van der Waals surface area contributed by atoms with Crippen molar-refractivity contribution in [1.82, 2.24) is 0 Å². The third-order valence-electron chi connectivity index (χ3n) is 8.53. The molecule has 0 saturated heterocycles. The van der Waals surface area contributed by atoms with E-state index >= 15 is 0 Å². The summed E-state index contributed by atoms with van der Waals surface area (Å²) in [7, 11) is -3.61. The van der Waals surface area contributed by atoms with Crippen molar-refractivity contribution in [2.24, 2.45) is 4.99 Å². The number of hydrogen-bond donors (Lipinski definition) is 0. The Bertz CT molecular complexity index is 902. The Hall–Kier alpha value is -2.11. The lowest BCUT2D eigenvalue weighted by atomic mass is 10.1. The number of allylic oxidation sites excluding steroid dienone is 1. The predicted octanol–water partition coefficient (Wildman–Crippen LogP) is 9.41. The summed E-state index contributed by atoms with van der Waals surface area (Å²) in [4.78, 5) is 17.1. The van der Waals surface area contributed by atoms with Gasteiger partial charge < -0.3 is 23.1 Å². The number of rotatable bonds is 24. The van der Waals surface area contributed by atoms with Crippen molar-refractivity contribution in [2.75, 3.05) is 19.8 Å². The van der Waals surface area contributed by atoms with Crippen molar-refractivity contribution in [1.29, 1.82) is 0 Å². The Morgan fingerprint density at radius 2 is 1.37 bits per heavy atom. The third kappa shape index (κ3) is 16.0. The maximum atomic E-state index is 12.4. The Balaban J connectivity index is 2.42. The van der Waals surface area contributed by atoms with Crippen molar-refractivity contribution in [3.63, 3.8) is 0 Å². The van der Waals surface area contributed by atoms with Crippen molar-refractivity contribution in [3.05, 3.63) is 48.2 Å². The van der Waals surface area contributed by atoms with E-state index in [4.69, 9.17) is 28.1 Å². The van der Waals surface area contributed by atoms with Crippen molar-refractivity contribution < 1.29 is 27.9 Å². The summed E-state index contributed by atoms with van der Waals surface area (Å²) in [6, 6.07) is 16.5. The van der Waals surface area contributed by atoms with Crippen LogP contribution in [0.2, 0.25) is 36.3 Å². The molecule has 0 N–H and O–H groups in total. The SMILES string of the molecule is C=C(C)O[C@H](COC(=O)CCCCCCCN=C(OCc1ccccc1)O[Si](CC)(CC)CC)CO[Si](CC)(CC)CC. The molecule has 0 bridgehead atoms. The van der Waals surface area contributed by atoms with Crippen LogP contribution in [0.15, 0.2) is 47.7 Å². The van der Waals surface area contributed by atoms with E-state index in [0.29, 0.717) is 38.0 Å². The van der Waals surface area contributed by atoms with Gasteiger partial charge in [0.1, 0.15) is 13.2 Å². The molecule has 0 heterocycles. The lowest BCUT2D eigenvalue weighted by Crippen LogP contribution is -2.40. The predicted molar refractivity (Wildman–Crippen MR) is 183 cm³/mol. The molecule has 0 saturated carbocycles. The summed E-state index contributed by atoms with van der Waals surface area (Å²) in [6.45, 7) is 20.7. The van der Waals surface area contributed by atoms with Gasteiger partial charge in [0.25, 0.3) is 8.32 Å². The smallest absolute Gasteiger partial charge is 0.369 e. The first-order chi connectivity index (χ1) is 20.7. The number of carbonyl (C=O) groups is 1. The fraction of sp³-hybridized carbons (Fsp3) is 0.706. The minimum atomic E-state index is -1.87. The summed E-state index contributed by atoms with van der Waals surface area (Å²) in [6.07, 6.45) is 5.41. The van der Waals surface area contributed by atoms with Crippen molar-refractivity contribution >= 4 is 28.7 Å².